The quantitative estimate of drug-likeness (QED) is 0.490. The van der Waals surface area contributed by atoms with E-state index in [1.165, 1.54) is 29.7 Å². The van der Waals surface area contributed by atoms with E-state index in [-0.39, 0.29) is 0 Å². The van der Waals surface area contributed by atoms with E-state index in [1.54, 1.807) is 11.8 Å². The van der Waals surface area contributed by atoms with Crippen molar-refractivity contribution in [3.05, 3.63) is 42.0 Å². The number of hydrogen-bond donors (Lipinski definition) is 0. The number of rotatable bonds is 1. The lowest BCUT2D eigenvalue weighted by Crippen LogP contribution is -1.69. The average Bonchev–Trinajstić information content (AvgIpc) is 2.72. The van der Waals surface area contributed by atoms with Crippen LogP contribution in [0.1, 0.15) is 19.3 Å². The second-order valence-corrected chi connectivity index (χ2v) is 4.14. The van der Waals surface area contributed by atoms with Crippen molar-refractivity contribution in [3.8, 4) is 11.2 Å². The predicted octanol–water partition coefficient (Wildman–Crippen LogP) is 3.85. The summed E-state index contributed by atoms with van der Waals surface area (Å²) in [5.74, 6) is 3.20. The molecule has 0 nitrogen and oxygen atoms in total. The van der Waals surface area contributed by atoms with E-state index < -0.39 is 0 Å². The minimum atomic E-state index is 1.17. The molecule has 0 fully saturated rings. The molecule has 0 N–H and O–H groups in total. The monoisotopic (exact) mass is 200 g/mol. The van der Waals surface area contributed by atoms with Gasteiger partial charge >= 0.3 is 0 Å². The molecule has 0 saturated carbocycles. The van der Waals surface area contributed by atoms with Crippen LogP contribution < -0.4 is 0 Å². The molecule has 1 aromatic carbocycles. The molecule has 70 valence electrons. The molecule has 0 saturated heterocycles. The number of allylic oxidation sites excluding steroid dienone is 2. The van der Waals surface area contributed by atoms with Gasteiger partial charge in [0.15, 0.2) is 0 Å². The first kappa shape index (κ1) is 9.43. The van der Waals surface area contributed by atoms with Crippen molar-refractivity contribution in [1.82, 2.24) is 0 Å². The summed E-state index contributed by atoms with van der Waals surface area (Å²) in [5.41, 5.74) is 1.31. The first-order valence-electron chi connectivity index (χ1n) is 4.87. The molecule has 1 aliphatic carbocycles. The molecule has 2 rings (SSSR count). The van der Waals surface area contributed by atoms with Crippen molar-refractivity contribution in [2.45, 2.75) is 24.2 Å². The summed E-state index contributed by atoms with van der Waals surface area (Å²) >= 11 is 1.61. The van der Waals surface area contributed by atoms with Gasteiger partial charge in [0.25, 0.3) is 0 Å². The zero-order valence-corrected chi connectivity index (χ0v) is 8.81. The molecule has 0 aliphatic heterocycles. The van der Waals surface area contributed by atoms with Gasteiger partial charge in [0.05, 0.1) is 0 Å². The largest absolute Gasteiger partial charge is 0.0729 e. The van der Waals surface area contributed by atoms with Gasteiger partial charge in [0.2, 0.25) is 0 Å². The minimum absolute atomic E-state index is 1.17. The highest BCUT2D eigenvalue weighted by Crippen LogP contribution is 2.19. The Hall–Kier alpha value is -1.13. The average molecular weight is 200 g/mol. The summed E-state index contributed by atoms with van der Waals surface area (Å²) in [6.45, 7) is 0. The maximum absolute atomic E-state index is 3.20. The smallest absolute Gasteiger partial charge is 0.0203 e. The van der Waals surface area contributed by atoms with Crippen LogP contribution in [0.15, 0.2) is 46.9 Å². The highest BCUT2D eigenvalue weighted by molar-refractivity contribution is 8.03. The fraction of sp³-hybridized carbons (Fsp3) is 0.231. The fourth-order valence-electron chi connectivity index (χ4n) is 1.42. The Kier molecular flexibility index (Phi) is 3.32. The van der Waals surface area contributed by atoms with E-state index in [0.29, 0.717) is 0 Å². The zero-order chi connectivity index (χ0) is 9.64. The van der Waals surface area contributed by atoms with Crippen molar-refractivity contribution < 1.29 is 0 Å². The van der Waals surface area contributed by atoms with Crippen LogP contribution in [-0.2, 0) is 0 Å². The summed E-state index contributed by atoms with van der Waals surface area (Å²) in [5, 5.41) is 3.14. The SMILES string of the molecule is C(#CC1=CCCC1)Sc1ccccc1. The van der Waals surface area contributed by atoms with Gasteiger partial charge in [-0.25, -0.2) is 0 Å². The molecule has 0 aromatic heterocycles. The normalized spacial score (nSPS) is 14.4. The van der Waals surface area contributed by atoms with E-state index in [0.717, 1.165) is 0 Å². The third kappa shape index (κ3) is 2.68. The van der Waals surface area contributed by atoms with E-state index in [9.17, 15) is 0 Å². The Labute approximate surface area is 89.4 Å². The lowest BCUT2D eigenvalue weighted by Gasteiger charge is -1.90. The Morgan fingerprint density at radius 1 is 1.14 bits per heavy atom. The van der Waals surface area contributed by atoms with Gasteiger partial charge in [-0.05, 0) is 54.0 Å². The molecule has 0 bridgehead atoms. The summed E-state index contributed by atoms with van der Waals surface area (Å²) < 4.78 is 0. The number of hydrogen-bond acceptors (Lipinski definition) is 1. The third-order valence-corrected chi connectivity index (χ3v) is 2.88. The topological polar surface area (TPSA) is 0 Å². The molecule has 1 aliphatic rings. The van der Waals surface area contributed by atoms with E-state index in [2.05, 4.69) is 29.4 Å². The van der Waals surface area contributed by atoms with Gasteiger partial charge in [-0.15, -0.1) is 0 Å². The Morgan fingerprint density at radius 2 is 2.00 bits per heavy atom. The maximum Gasteiger partial charge on any atom is 0.0203 e. The standard InChI is InChI=1S/C13H12S/c1-2-8-13(9-3-1)14-11-10-12-6-4-5-7-12/h1-3,6,8-9H,4-5,7H2. The molecule has 0 unspecified atom stereocenters. The van der Waals surface area contributed by atoms with Crippen molar-refractivity contribution in [2.24, 2.45) is 0 Å². The molecule has 0 spiro atoms. The Morgan fingerprint density at radius 3 is 2.71 bits per heavy atom. The fourth-order valence-corrected chi connectivity index (χ4v) is 2.02. The van der Waals surface area contributed by atoms with Gasteiger partial charge in [0, 0.05) is 4.90 Å². The van der Waals surface area contributed by atoms with Crippen molar-refractivity contribution in [2.75, 3.05) is 0 Å². The molecule has 1 heteroatoms. The van der Waals surface area contributed by atoms with Crippen LogP contribution in [0.25, 0.3) is 0 Å². The summed E-state index contributed by atoms with van der Waals surface area (Å²) in [4.78, 5) is 1.22. The van der Waals surface area contributed by atoms with E-state index >= 15 is 0 Å². The zero-order valence-electron chi connectivity index (χ0n) is 7.99. The van der Waals surface area contributed by atoms with Crippen LogP contribution in [0.3, 0.4) is 0 Å². The highest BCUT2D eigenvalue weighted by atomic mass is 32.2. The number of thioether (sulfide) groups is 1. The molecular formula is C13H12S. The third-order valence-electron chi connectivity index (χ3n) is 2.16. The van der Waals surface area contributed by atoms with Crippen molar-refractivity contribution >= 4 is 11.8 Å². The van der Waals surface area contributed by atoms with Crippen molar-refractivity contribution in [1.29, 1.82) is 0 Å². The molecule has 1 aromatic rings. The molecule has 0 radical (unpaired) electrons. The van der Waals surface area contributed by atoms with Crippen LogP contribution in [-0.4, -0.2) is 0 Å². The van der Waals surface area contributed by atoms with E-state index in [1.807, 2.05) is 18.2 Å². The lowest BCUT2D eigenvalue weighted by atomic mass is 10.2. The van der Waals surface area contributed by atoms with Crippen LogP contribution in [0.2, 0.25) is 0 Å². The molecule has 0 heterocycles. The second-order valence-electron chi connectivity index (χ2n) is 3.26. The van der Waals surface area contributed by atoms with E-state index in [4.69, 9.17) is 0 Å². The highest BCUT2D eigenvalue weighted by Gasteiger charge is 1.99. The Bertz CT molecular complexity index is 379. The first-order chi connectivity index (χ1) is 6.95. The minimum Gasteiger partial charge on any atom is -0.0729 e. The first-order valence-corrected chi connectivity index (χ1v) is 5.69. The van der Waals surface area contributed by atoms with Gasteiger partial charge in [-0.2, -0.15) is 0 Å². The molecule has 0 amide bonds. The maximum atomic E-state index is 3.20. The van der Waals surface area contributed by atoms with Crippen LogP contribution in [0, 0.1) is 11.2 Å². The molecule has 0 atom stereocenters. The van der Waals surface area contributed by atoms with Crippen LogP contribution in [0.5, 0.6) is 0 Å². The number of benzene rings is 1. The van der Waals surface area contributed by atoms with Crippen LogP contribution >= 0.6 is 11.8 Å². The molecular weight excluding hydrogens is 188 g/mol. The van der Waals surface area contributed by atoms with Gasteiger partial charge in [0.1, 0.15) is 0 Å². The Balaban J connectivity index is 1.93. The second kappa shape index (κ2) is 4.93. The summed E-state index contributed by atoms with van der Waals surface area (Å²) in [7, 11) is 0. The summed E-state index contributed by atoms with van der Waals surface area (Å²) in [6.07, 6.45) is 5.90. The van der Waals surface area contributed by atoms with Gasteiger partial charge in [-0.1, -0.05) is 30.2 Å². The van der Waals surface area contributed by atoms with Gasteiger partial charge in [-0.3, -0.25) is 0 Å². The van der Waals surface area contributed by atoms with Crippen LogP contribution in [0.4, 0.5) is 0 Å². The summed E-state index contributed by atoms with van der Waals surface area (Å²) in [6, 6.07) is 10.3. The van der Waals surface area contributed by atoms with Crippen molar-refractivity contribution in [3.63, 3.8) is 0 Å². The molecule has 14 heavy (non-hydrogen) atoms. The predicted molar refractivity (Wildman–Crippen MR) is 62.0 cm³/mol. The lowest BCUT2D eigenvalue weighted by molar-refractivity contribution is 0.919. The van der Waals surface area contributed by atoms with Gasteiger partial charge < -0.3 is 0 Å².